The maximum atomic E-state index is 12.3. The molecule has 2 amide bonds. The van der Waals surface area contributed by atoms with Crippen molar-refractivity contribution in [3.05, 3.63) is 35.4 Å². The summed E-state index contributed by atoms with van der Waals surface area (Å²) < 4.78 is 16.0. The minimum atomic E-state index is -1.13. The lowest BCUT2D eigenvalue weighted by molar-refractivity contribution is -0.293. The van der Waals surface area contributed by atoms with Crippen molar-refractivity contribution in [2.45, 2.75) is 44.1 Å². The number of carbonyl (C=O) groups is 2. The molecule has 0 bridgehead atoms. The van der Waals surface area contributed by atoms with Crippen molar-refractivity contribution in [3.8, 4) is 0 Å². The van der Waals surface area contributed by atoms with Crippen molar-refractivity contribution in [1.29, 1.82) is 0 Å². The number of ether oxygens (including phenoxy) is 3. The predicted molar refractivity (Wildman–Crippen MR) is 89.5 cm³/mol. The molecule has 2 aliphatic heterocycles. The molecule has 2 aliphatic rings. The van der Waals surface area contributed by atoms with Crippen LogP contribution in [0.3, 0.4) is 0 Å². The van der Waals surface area contributed by atoms with Gasteiger partial charge in [0.1, 0.15) is 18.3 Å². The zero-order chi connectivity index (χ0) is 18.8. The van der Waals surface area contributed by atoms with Crippen LogP contribution in [0.25, 0.3) is 0 Å². The number of imide groups is 1. The number of methoxy groups -OCH3 is 1. The van der Waals surface area contributed by atoms with Crippen LogP contribution in [0, 0.1) is 0 Å². The van der Waals surface area contributed by atoms with Gasteiger partial charge in [-0.25, -0.2) is 0 Å². The summed E-state index contributed by atoms with van der Waals surface area (Å²) in [4.78, 5) is 25.8. The van der Waals surface area contributed by atoms with Gasteiger partial charge in [0, 0.05) is 20.3 Å². The van der Waals surface area contributed by atoms with Gasteiger partial charge in [-0.1, -0.05) is 12.1 Å². The van der Waals surface area contributed by atoms with E-state index in [0.29, 0.717) is 17.5 Å². The fourth-order valence-electron chi connectivity index (χ4n) is 3.27. The predicted octanol–water partition coefficient (Wildman–Crippen LogP) is 0.171. The molecule has 0 radical (unpaired) electrons. The van der Waals surface area contributed by atoms with Crippen LogP contribution >= 0.6 is 0 Å². The van der Waals surface area contributed by atoms with E-state index in [2.05, 4.69) is 0 Å². The molecule has 0 saturated carbocycles. The summed E-state index contributed by atoms with van der Waals surface area (Å²) in [7, 11) is 1.40. The summed E-state index contributed by atoms with van der Waals surface area (Å²) in [5.41, 5.74) is 0.816. The Kier molecular flexibility index (Phi) is 5.69. The second-order valence-electron chi connectivity index (χ2n) is 6.42. The summed E-state index contributed by atoms with van der Waals surface area (Å²) in [5, 5.41) is 20.3. The van der Waals surface area contributed by atoms with E-state index in [1.807, 2.05) is 0 Å². The van der Waals surface area contributed by atoms with Gasteiger partial charge in [-0.2, -0.15) is 0 Å². The van der Waals surface area contributed by atoms with Gasteiger partial charge in [-0.15, -0.1) is 0 Å². The number of hydrogen-bond donors (Lipinski definition) is 2. The first kappa shape index (κ1) is 18.9. The van der Waals surface area contributed by atoms with Gasteiger partial charge in [0.05, 0.1) is 17.2 Å². The Morgan fingerprint density at radius 1 is 1.12 bits per heavy atom. The van der Waals surface area contributed by atoms with E-state index in [9.17, 15) is 19.8 Å². The van der Waals surface area contributed by atoms with Crippen molar-refractivity contribution in [2.24, 2.45) is 0 Å². The van der Waals surface area contributed by atoms with Gasteiger partial charge >= 0.3 is 0 Å². The van der Waals surface area contributed by atoms with Crippen LogP contribution in [-0.2, 0) is 14.2 Å². The molecule has 8 heteroatoms. The van der Waals surface area contributed by atoms with E-state index in [0.717, 1.165) is 0 Å². The number of carbonyl (C=O) groups excluding carboxylic acids is 2. The Bertz CT molecular complexity index is 644. The topological polar surface area (TPSA) is 106 Å². The maximum absolute atomic E-state index is 12.3. The second kappa shape index (κ2) is 7.81. The van der Waals surface area contributed by atoms with E-state index in [4.69, 9.17) is 14.2 Å². The lowest BCUT2D eigenvalue weighted by Crippen LogP contribution is -2.58. The van der Waals surface area contributed by atoms with E-state index >= 15 is 0 Å². The second-order valence-corrected chi connectivity index (χ2v) is 6.42. The van der Waals surface area contributed by atoms with Crippen molar-refractivity contribution >= 4 is 11.8 Å². The highest BCUT2D eigenvalue weighted by Gasteiger charge is 2.43. The first-order valence-electron chi connectivity index (χ1n) is 8.57. The number of hydrogen-bond acceptors (Lipinski definition) is 7. The molecule has 0 unspecified atom stereocenters. The third-order valence-electron chi connectivity index (χ3n) is 4.73. The molecule has 2 N–H and O–H groups in total. The lowest BCUT2D eigenvalue weighted by Gasteiger charge is -2.40. The van der Waals surface area contributed by atoms with Crippen LogP contribution in [0.5, 0.6) is 0 Å². The first-order chi connectivity index (χ1) is 12.5. The number of aliphatic hydroxyl groups is 2. The molecular weight excluding hydrogens is 342 g/mol. The van der Waals surface area contributed by atoms with E-state index in [1.54, 1.807) is 31.2 Å². The Labute approximate surface area is 151 Å². The molecule has 0 aromatic heterocycles. The van der Waals surface area contributed by atoms with Crippen molar-refractivity contribution in [2.75, 3.05) is 20.3 Å². The number of benzene rings is 1. The molecule has 1 saturated heterocycles. The Morgan fingerprint density at radius 3 is 2.31 bits per heavy atom. The molecule has 1 aromatic carbocycles. The smallest absolute Gasteiger partial charge is 0.261 e. The van der Waals surface area contributed by atoms with Crippen molar-refractivity contribution < 1.29 is 34.0 Å². The largest absolute Gasteiger partial charge is 0.388 e. The molecule has 0 spiro atoms. The molecular formula is C18H23NO7. The molecule has 8 nitrogen and oxygen atoms in total. The maximum Gasteiger partial charge on any atom is 0.261 e. The van der Waals surface area contributed by atoms with Gasteiger partial charge < -0.3 is 24.4 Å². The number of fused-ring (bicyclic) bond motifs is 1. The van der Waals surface area contributed by atoms with Crippen LogP contribution < -0.4 is 0 Å². The van der Waals surface area contributed by atoms with Crippen LogP contribution in [0.4, 0.5) is 0 Å². The summed E-state index contributed by atoms with van der Waals surface area (Å²) in [6.07, 6.45) is -4.06. The molecule has 1 aromatic rings. The number of aliphatic hydroxyl groups excluding tert-OH is 2. The van der Waals surface area contributed by atoms with Crippen LogP contribution in [0.15, 0.2) is 24.3 Å². The van der Waals surface area contributed by atoms with E-state index < -0.39 is 30.7 Å². The fraction of sp³-hybridized carbons (Fsp3) is 0.556. The van der Waals surface area contributed by atoms with Crippen LogP contribution in [0.1, 0.15) is 34.1 Å². The normalized spacial score (nSPS) is 31.4. The Balaban J connectivity index is 1.53. The van der Waals surface area contributed by atoms with Gasteiger partial charge in [0.2, 0.25) is 0 Å². The number of amides is 2. The molecule has 3 rings (SSSR count). The SMILES string of the molecule is CO[C@@H]1O[C@@H](C)[C@@H](O)[C@@H](OCCCN2C(=O)c3ccccc3C2=O)[C@@H]1O. The van der Waals surface area contributed by atoms with Gasteiger partial charge in [0.25, 0.3) is 11.8 Å². The third kappa shape index (κ3) is 3.38. The summed E-state index contributed by atoms with van der Waals surface area (Å²) in [6, 6.07) is 6.70. The summed E-state index contributed by atoms with van der Waals surface area (Å²) in [5.74, 6) is -0.630. The standard InChI is InChI=1S/C18H23NO7/c1-10-13(20)15(14(21)18(24-2)26-10)25-9-5-8-19-16(22)11-6-3-4-7-12(11)17(19)23/h3-4,6-7,10,13-15,18,20-21H,5,8-9H2,1-2H3/t10-,13+,14-,15+,18+/m0/s1. The molecule has 142 valence electrons. The fourth-order valence-corrected chi connectivity index (χ4v) is 3.27. The molecule has 26 heavy (non-hydrogen) atoms. The average molecular weight is 365 g/mol. The summed E-state index contributed by atoms with van der Waals surface area (Å²) >= 11 is 0. The van der Waals surface area contributed by atoms with Crippen molar-refractivity contribution in [3.63, 3.8) is 0 Å². The van der Waals surface area contributed by atoms with E-state index in [1.165, 1.54) is 12.0 Å². The van der Waals surface area contributed by atoms with Gasteiger partial charge in [-0.3, -0.25) is 14.5 Å². The Morgan fingerprint density at radius 2 is 1.73 bits per heavy atom. The summed E-state index contributed by atoms with van der Waals surface area (Å²) in [6.45, 7) is 2.03. The van der Waals surface area contributed by atoms with Gasteiger partial charge in [-0.05, 0) is 25.5 Å². The highest BCUT2D eigenvalue weighted by Crippen LogP contribution is 2.25. The average Bonchev–Trinajstić information content (AvgIpc) is 2.89. The molecule has 5 atom stereocenters. The van der Waals surface area contributed by atoms with Crippen molar-refractivity contribution in [1.82, 2.24) is 4.90 Å². The number of rotatable bonds is 6. The third-order valence-corrected chi connectivity index (χ3v) is 4.73. The highest BCUT2D eigenvalue weighted by atomic mass is 16.7. The monoisotopic (exact) mass is 365 g/mol. The molecule has 2 heterocycles. The number of nitrogens with zero attached hydrogens (tertiary/aromatic N) is 1. The minimum Gasteiger partial charge on any atom is -0.388 e. The minimum absolute atomic E-state index is 0.162. The quantitative estimate of drug-likeness (QED) is 0.547. The van der Waals surface area contributed by atoms with Gasteiger partial charge in [0.15, 0.2) is 6.29 Å². The zero-order valence-electron chi connectivity index (χ0n) is 14.7. The van der Waals surface area contributed by atoms with E-state index in [-0.39, 0.29) is 25.0 Å². The molecule has 0 aliphatic carbocycles. The zero-order valence-corrected chi connectivity index (χ0v) is 14.7. The lowest BCUT2D eigenvalue weighted by atomic mass is 10.00. The highest BCUT2D eigenvalue weighted by molar-refractivity contribution is 6.21. The first-order valence-corrected chi connectivity index (χ1v) is 8.57. The molecule has 1 fully saturated rings. The Hall–Kier alpha value is -1.84. The van der Waals surface area contributed by atoms with Crippen LogP contribution in [0.2, 0.25) is 0 Å². The van der Waals surface area contributed by atoms with Crippen LogP contribution in [-0.4, -0.2) is 77.9 Å².